The average molecular weight is 286 g/mol. The van der Waals surface area contributed by atoms with Crippen LogP contribution in [0.3, 0.4) is 0 Å². The molecule has 0 fully saturated rings. The van der Waals surface area contributed by atoms with E-state index in [4.69, 9.17) is 0 Å². The zero-order chi connectivity index (χ0) is 13.5. The summed E-state index contributed by atoms with van der Waals surface area (Å²) in [4.78, 5) is 18.3. The molecule has 5 heteroatoms. The number of nitrogens with one attached hydrogen (secondary N) is 1. The van der Waals surface area contributed by atoms with Crippen LogP contribution in [-0.4, -0.2) is 35.4 Å². The molecule has 0 radical (unpaired) electrons. The van der Waals surface area contributed by atoms with Crippen LogP contribution in [0, 0.1) is 5.92 Å². The van der Waals surface area contributed by atoms with Gasteiger partial charge >= 0.3 is 0 Å². The highest BCUT2D eigenvalue weighted by atomic mass is 35.5. The molecule has 0 spiro atoms. The molecule has 1 aromatic heterocycles. The predicted octanol–water partition coefficient (Wildman–Crippen LogP) is 2.10. The minimum Gasteiger partial charge on any atom is -0.336 e. The van der Waals surface area contributed by atoms with Gasteiger partial charge in [-0.15, -0.1) is 12.4 Å². The summed E-state index contributed by atoms with van der Waals surface area (Å²) in [6.07, 6.45) is 3.56. The lowest BCUT2D eigenvalue weighted by Crippen LogP contribution is -2.42. The van der Waals surface area contributed by atoms with Crippen molar-refractivity contribution in [2.24, 2.45) is 5.92 Å². The van der Waals surface area contributed by atoms with Crippen LogP contribution in [0.2, 0.25) is 0 Å². The van der Waals surface area contributed by atoms with Crippen molar-refractivity contribution in [2.45, 2.75) is 33.4 Å². The standard InChI is InChI=1S/C14H23N3O.ClH/c1-11(2)17(14(18)12(3)8-15-4)10-13-6-5-7-16-9-13;/h5-7,9,11-12,15H,8,10H2,1-4H3;1H. The number of aromatic nitrogens is 1. The number of halogens is 1. The zero-order valence-corrected chi connectivity index (χ0v) is 12.9. The van der Waals surface area contributed by atoms with Crippen LogP contribution < -0.4 is 5.32 Å². The summed E-state index contributed by atoms with van der Waals surface area (Å²) in [5.41, 5.74) is 1.07. The van der Waals surface area contributed by atoms with E-state index in [1.807, 2.05) is 51.0 Å². The van der Waals surface area contributed by atoms with Crippen molar-refractivity contribution in [3.63, 3.8) is 0 Å². The van der Waals surface area contributed by atoms with Gasteiger partial charge in [-0.2, -0.15) is 0 Å². The van der Waals surface area contributed by atoms with E-state index >= 15 is 0 Å². The Kier molecular flexibility index (Phi) is 8.35. The topological polar surface area (TPSA) is 45.2 Å². The second-order valence-electron chi connectivity index (χ2n) is 4.88. The highest BCUT2D eigenvalue weighted by molar-refractivity contribution is 5.85. The van der Waals surface area contributed by atoms with E-state index in [0.717, 1.165) is 5.56 Å². The highest BCUT2D eigenvalue weighted by Crippen LogP contribution is 2.11. The molecular formula is C14H24ClN3O. The Morgan fingerprint density at radius 3 is 2.58 bits per heavy atom. The van der Waals surface area contributed by atoms with Crippen molar-refractivity contribution in [3.05, 3.63) is 30.1 Å². The molecule has 4 nitrogen and oxygen atoms in total. The van der Waals surface area contributed by atoms with Crippen LogP contribution in [0.25, 0.3) is 0 Å². The molecule has 0 aliphatic heterocycles. The maximum absolute atomic E-state index is 12.3. The molecule has 1 unspecified atom stereocenters. The maximum atomic E-state index is 12.3. The van der Waals surface area contributed by atoms with Gasteiger partial charge < -0.3 is 10.2 Å². The predicted molar refractivity (Wildman–Crippen MR) is 80.3 cm³/mol. The van der Waals surface area contributed by atoms with Gasteiger partial charge in [0.15, 0.2) is 0 Å². The number of rotatable bonds is 6. The molecule has 0 aromatic carbocycles. The first kappa shape index (κ1) is 17.9. The second-order valence-corrected chi connectivity index (χ2v) is 4.88. The van der Waals surface area contributed by atoms with Crippen LogP contribution >= 0.6 is 12.4 Å². The summed E-state index contributed by atoms with van der Waals surface area (Å²) >= 11 is 0. The molecule has 1 rings (SSSR count). The monoisotopic (exact) mass is 285 g/mol. The first-order chi connectivity index (χ1) is 8.56. The molecule has 108 valence electrons. The van der Waals surface area contributed by atoms with Crippen molar-refractivity contribution in [2.75, 3.05) is 13.6 Å². The molecule has 0 saturated heterocycles. The molecule has 19 heavy (non-hydrogen) atoms. The number of carbonyl (C=O) groups is 1. The van der Waals surface area contributed by atoms with Gasteiger partial charge in [0.2, 0.25) is 5.91 Å². The van der Waals surface area contributed by atoms with E-state index in [2.05, 4.69) is 10.3 Å². The normalized spacial score (nSPS) is 11.8. The van der Waals surface area contributed by atoms with E-state index in [1.165, 1.54) is 0 Å². The van der Waals surface area contributed by atoms with Crippen LogP contribution in [0.1, 0.15) is 26.3 Å². The van der Waals surface area contributed by atoms with Gasteiger partial charge in [-0.3, -0.25) is 9.78 Å². The third kappa shape index (κ3) is 5.57. The fourth-order valence-corrected chi connectivity index (χ4v) is 1.88. The molecular weight excluding hydrogens is 262 g/mol. The van der Waals surface area contributed by atoms with E-state index < -0.39 is 0 Å². The van der Waals surface area contributed by atoms with Gasteiger partial charge in [-0.05, 0) is 32.5 Å². The van der Waals surface area contributed by atoms with E-state index in [9.17, 15) is 4.79 Å². The van der Waals surface area contributed by atoms with Crippen molar-refractivity contribution < 1.29 is 4.79 Å². The van der Waals surface area contributed by atoms with Crippen molar-refractivity contribution in [3.8, 4) is 0 Å². The molecule has 1 heterocycles. The lowest BCUT2D eigenvalue weighted by molar-refractivity contribution is -0.137. The Labute approximate surface area is 122 Å². The Bertz CT molecular complexity index is 370. The van der Waals surface area contributed by atoms with Gasteiger partial charge in [0.25, 0.3) is 0 Å². The van der Waals surface area contributed by atoms with Gasteiger partial charge in [0.05, 0.1) is 0 Å². The number of pyridine rings is 1. The molecule has 1 amide bonds. The lowest BCUT2D eigenvalue weighted by atomic mass is 10.1. The van der Waals surface area contributed by atoms with E-state index in [1.54, 1.807) is 6.20 Å². The molecule has 1 atom stereocenters. The second kappa shape index (κ2) is 8.88. The SMILES string of the molecule is CNCC(C)C(=O)N(Cc1cccnc1)C(C)C.Cl. The largest absolute Gasteiger partial charge is 0.336 e. The van der Waals surface area contributed by atoms with Crippen LogP contribution in [0.5, 0.6) is 0 Å². The van der Waals surface area contributed by atoms with Crippen molar-refractivity contribution >= 4 is 18.3 Å². The molecule has 0 saturated carbocycles. The zero-order valence-electron chi connectivity index (χ0n) is 12.1. The summed E-state index contributed by atoms with van der Waals surface area (Å²) in [6, 6.07) is 4.09. The van der Waals surface area contributed by atoms with Gasteiger partial charge in [0, 0.05) is 37.4 Å². The van der Waals surface area contributed by atoms with Crippen molar-refractivity contribution in [1.82, 2.24) is 15.2 Å². The Morgan fingerprint density at radius 2 is 2.11 bits per heavy atom. The van der Waals surface area contributed by atoms with Gasteiger partial charge in [-0.1, -0.05) is 13.0 Å². The Hall–Kier alpha value is -1.13. The summed E-state index contributed by atoms with van der Waals surface area (Å²) < 4.78 is 0. The molecule has 0 bridgehead atoms. The minimum absolute atomic E-state index is 0. The minimum atomic E-state index is -0.00549. The number of hydrogen-bond donors (Lipinski definition) is 1. The van der Waals surface area contributed by atoms with Crippen LogP contribution in [0.4, 0.5) is 0 Å². The summed E-state index contributed by atoms with van der Waals surface area (Å²) in [6.45, 7) is 7.37. The Morgan fingerprint density at radius 1 is 1.42 bits per heavy atom. The highest BCUT2D eigenvalue weighted by Gasteiger charge is 2.22. The number of hydrogen-bond acceptors (Lipinski definition) is 3. The lowest BCUT2D eigenvalue weighted by Gasteiger charge is -2.29. The molecule has 0 aliphatic carbocycles. The van der Waals surface area contributed by atoms with Crippen LogP contribution in [0.15, 0.2) is 24.5 Å². The van der Waals surface area contributed by atoms with E-state index in [-0.39, 0.29) is 30.3 Å². The number of carbonyl (C=O) groups excluding carboxylic acids is 1. The molecule has 1 N–H and O–H groups in total. The summed E-state index contributed by atoms with van der Waals surface area (Å²) in [7, 11) is 1.87. The fourth-order valence-electron chi connectivity index (χ4n) is 1.88. The van der Waals surface area contributed by atoms with Crippen molar-refractivity contribution in [1.29, 1.82) is 0 Å². The first-order valence-electron chi connectivity index (χ1n) is 6.40. The van der Waals surface area contributed by atoms with Gasteiger partial charge in [-0.25, -0.2) is 0 Å². The smallest absolute Gasteiger partial charge is 0.227 e. The van der Waals surface area contributed by atoms with E-state index in [0.29, 0.717) is 13.1 Å². The molecule has 1 aromatic rings. The summed E-state index contributed by atoms with van der Waals surface area (Å²) in [5, 5.41) is 3.05. The number of amides is 1. The fraction of sp³-hybridized carbons (Fsp3) is 0.571. The quantitative estimate of drug-likeness (QED) is 0.871. The molecule has 0 aliphatic rings. The summed E-state index contributed by atoms with van der Waals surface area (Å²) in [5.74, 6) is 0.178. The Balaban J connectivity index is 0.00000324. The maximum Gasteiger partial charge on any atom is 0.227 e. The van der Waals surface area contributed by atoms with Gasteiger partial charge in [0.1, 0.15) is 0 Å². The third-order valence-electron chi connectivity index (χ3n) is 2.91. The average Bonchev–Trinajstić information content (AvgIpc) is 2.36. The number of nitrogens with zero attached hydrogens (tertiary/aromatic N) is 2. The third-order valence-corrected chi connectivity index (χ3v) is 2.91. The van der Waals surface area contributed by atoms with Crippen LogP contribution in [-0.2, 0) is 11.3 Å². The first-order valence-corrected chi connectivity index (χ1v) is 6.40.